The number of ether oxygens (including phenoxy) is 1. The molecule has 2 unspecified atom stereocenters. The Balaban J connectivity index is 0.00000300. The summed E-state index contributed by atoms with van der Waals surface area (Å²) in [5.41, 5.74) is 1.39. The molecule has 29 heavy (non-hydrogen) atoms. The van der Waals surface area contributed by atoms with Gasteiger partial charge in [0.2, 0.25) is 0 Å². The number of unbranched alkanes of at least 4 members (excludes halogenated alkanes) is 1. The van der Waals surface area contributed by atoms with E-state index in [2.05, 4.69) is 62.7 Å². The number of halogens is 1. The zero-order valence-corrected chi connectivity index (χ0v) is 20.3. The van der Waals surface area contributed by atoms with Crippen LogP contribution in [0.15, 0.2) is 35.3 Å². The molecule has 6 nitrogen and oxygen atoms in total. The van der Waals surface area contributed by atoms with Crippen LogP contribution in [0.1, 0.15) is 31.7 Å². The second-order valence-corrected chi connectivity index (χ2v) is 8.00. The van der Waals surface area contributed by atoms with Crippen LogP contribution in [-0.2, 0) is 11.3 Å². The van der Waals surface area contributed by atoms with Gasteiger partial charge in [0.15, 0.2) is 5.96 Å². The highest BCUT2D eigenvalue weighted by Crippen LogP contribution is 2.20. The first kappa shape index (κ1) is 24.4. The van der Waals surface area contributed by atoms with E-state index in [1.165, 1.54) is 24.9 Å². The van der Waals surface area contributed by atoms with Gasteiger partial charge < -0.3 is 15.4 Å². The normalized spacial score (nSPS) is 23.6. The summed E-state index contributed by atoms with van der Waals surface area (Å²) in [4.78, 5) is 9.48. The van der Waals surface area contributed by atoms with E-state index in [1.807, 2.05) is 7.05 Å². The Morgan fingerprint density at radius 3 is 2.66 bits per heavy atom. The van der Waals surface area contributed by atoms with Gasteiger partial charge in [0.1, 0.15) is 0 Å². The minimum atomic E-state index is 0. The number of guanidine groups is 1. The molecule has 2 atom stereocenters. The molecule has 2 aliphatic heterocycles. The van der Waals surface area contributed by atoms with Crippen molar-refractivity contribution < 1.29 is 4.74 Å². The summed E-state index contributed by atoms with van der Waals surface area (Å²) in [5, 5.41) is 7.11. The standard InChI is InChI=1S/C22H37N5O.HI/c1-19-16-21(18-27(19)17-20-8-4-3-5-9-20)25-22(23-2)24-10-6-7-11-26-12-14-28-15-13-26;/h3-5,8-9,19,21H,6-7,10-18H2,1-2H3,(H2,23,24,25);1H. The Morgan fingerprint density at radius 2 is 1.93 bits per heavy atom. The number of likely N-dealkylation sites (tertiary alicyclic amines) is 1. The van der Waals surface area contributed by atoms with Crippen molar-refractivity contribution in [3.05, 3.63) is 35.9 Å². The van der Waals surface area contributed by atoms with Crippen LogP contribution in [0.2, 0.25) is 0 Å². The molecule has 2 saturated heterocycles. The molecule has 0 saturated carbocycles. The van der Waals surface area contributed by atoms with Crippen molar-refractivity contribution in [1.29, 1.82) is 0 Å². The van der Waals surface area contributed by atoms with E-state index >= 15 is 0 Å². The first-order valence-corrected chi connectivity index (χ1v) is 10.8. The van der Waals surface area contributed by atoms with Crippen LogP contribution in [0, 0.1) is 0 Å². The van der Waals surface area contributed by atoms with Crippen molar-refractivity contribution in [2.45, 2.75) is 44.8 Å². The molecule has 1 aromatic carbocycles. The maximum Gasteiger partial charge on any atom is 0.191 e. The van der Waals surface area contributed by atoms with Crippen molar-refractivity contribution in [1.82, 2.24) is 20.4 Å². The van der Waals surface area contributed by atoms with Crippen molar-refractivity contribution in [2.24, 2.45) is 4.99 Å². The van der Waals surface area contributed by atoms with Crippen LogP contribution < -0.4 is 10.6 Å². The Hall–Kier alpha value is -0.900. The quantitative estimate of drug-likeness (QED) is 0.241. The summed E-state index contributed by atoms with van der Waals surface area (Å²) in [5.74, 6) is 0.935. The van der Waals surface area contributed by atoms with Crippen LogP contribution in [0.3, 0.4) is 0 Å². The molecule has 0 aliphatic carbocycles. The van der Waals surface area contributed by atoms with Crippen molar-refractivity contribution in [3.63, 3.8) is 0 Å². The van der Waals surface area contributed by atoms with Gasteiger partial charge in [-0.2, -0.15) is 0 Å². The highest BCUT2D eigenvalue weighted by atomic mass is 127. The highest BCUT2D eigenvalue weighted by Gasteiger charge is 2.29. The van der Waals surface area contributed by atoms with Gasteiger partial charge in [-0.3, -0.25) is 14.8 Å². The molecule has 0 spiro atoms. The van der Waals surface area contributed by atoms with Gasteiger partial charge in [0.05, 0.1) is 13.2 Å². The molecule has 0 aromatic heterocycles. The molecule has 7 heteroatoms. The smallest absolute Gasteiger partial charge is 0.191 e. The van der Waals surface area contributed by atoms with Crippen LogP contribution in [0.5, 0.6) is 0 Å². The fourth-order valence-corrected chi connectivity index (χ4v) is 4.12. The maximum absolute atomic E-state index is 5.40. The fourth-order valence-electron chi connectivity index (χ4n) is 4.12. The topological polar surface area (TPSA) is 52.1 Å². The minimum Gasteiger partial charge on any atom is -0.379 e. The van der Waals surface area contributed by atoms with E-state index in [1.54, 1.807) is 0 Å². The van der Waals surface area contributed by atoms with Crippen molar-refractivity contribution in [3.8, 4) is 0 Å². The number of hydrogen-bond donors (Lipinski definition) is 2. The predicted molar refractivity (Wildman–Crippen MR) is 131 cm³/mol. The molecule has 1 aromatic rings. The molecule has 0 radical (unpaired) electrons. The summed E-state index contributed by atoms with van der Waals surface area (Å²) in [7, 11) is 1.86. The van der Waals surface area contributed by atoms with E-state index in [9.17, 15) is 0 Å². The molecule has 3 rings (SSSR count). The zero-order valence-electron chi connectivity index (χ0n) is 18.0. The summed E-state index contributed by atoms with van der Waals surface area (Å²) in [6.45, 7) is 10.5. The number of aliphatic imine (C=N–C) groups is 1. The first-order chi connectivity index (χ1) is 13.7. The second-order valence-electron chi connectivity index (χ2n) is 8.00. The third-order valence-electron chi connectivity index (χ3n) is 5.79. The van der Waals surface area contributed by atoms with Crippen LogP contribution in [0.4, 0.5) is 0 Å². The fraction of sp³-hybridized carbons (Fsp3) is 0.682. The van der Waals surface area contributed by atoms with E-state index in [0.29, 0.717) is 12.1 Å². The number of nitrogens with zero attached hydrogens (tertiary/aromatic N) is 3. The average Bonchev–Trinajstić information content (AvgIpc) is 3.07. The van der Waals surface area contributed by atoms with E-state index in [0.717, 1.165) is 58.3 Å². The molecule has 2 N–H and O–H groups in total. The summed E-state index contributed by atoms with van der Waals surface area (Å²) in [6, 6.07) is 11.8. The van der Waals surface area contributed by atoms with E-state index in [4.69, 9.17) is 4.74 Å². The third-order valence-corrected chi connectivity index (χ3v) is 5.79. The van der Waals surface area contributed by atoms with Crippen molar-refractivity contribution in [2.75, 3.05) is 53.0 Å². The lowest BCUT2D eigenvalue weighted by atomic mass is 10.2. The first-order valence-electron chi connectivity index (χ1n) is 10.8. The van der Waals surface area contributed by atoms with E-state index in [-0.39, 0.29) is 24.0 Å². The Morgan fingerprint density at radius 1 is 1.17 bits per heavy atom. The minimum absolute atomic E-state index is 0. The van der Waals surface area contributed by atoms with Gasteiger partial charge in [-0.25, -0.2) is 0 Å². The number of benzene rings is 1. The van der Waals surface area contributed by atoms with Gasteiger partial charge in [0.25, 0.3) is 0 Å². The Kier molecular flexibility index (Phi) is 11.3. The summed E-state index contributed by atoms with van der Waals surface area (Å²) >= 11 is 0. The van der Waals surface area contributed by atoms with Gasteiger partial charge in [-0.15, -0.1) is 24.0 Å². The number of nitrogens with one attached hydrogen (secondary N) is 2. The molecular formula is C22H38IN5O. The van der Waals surface area contributed by atoms with Gasteiger partial charge in [-0.05, 0) is 38.3 Å². The van der Waals surface area contributed by atoms with Crippen LogP contribution >= 0.6 is 24.0 Å². The van der Waals surface area contributed by atoms with Crippen LogP contribution in [0.25, 0.3) is 0 Å². The average molecular weight is 515 g/mol. The van der Waals surface area contributed by atoms with Gasteiger partial charge >= 0.3 is 0 Å². The molecule has 2 heterocycles. The van der Waals surface area contributed by atoms with Crippen molar-refractivity contribution >= 4 is 29.9 Å². The molecule has 0 bridgehead atoms. The number of hydrogen-bond acceptors (Lipinski definition) is 4. The summed E-state index contributed by atoms with van der Waals surface area (Å²) < 4.78 is 5.40. The zero-order chi connectivity index (χ0) is 19.6. The predicted octanol–water partition coefficient (Wildman–Crippen LogP) is 2.54. The SMILES string of the molecule is CN=C(NCCCCN1CCOCC1)NC1CC(C)N(Cc2ccccc2)C1.I. The monoisotopic (exact) mass is 515 g/mol. The van der Waals surface area contributed by atoms with Crippen LogP contribution in [-0.4, -0.2) is 80.8 Å². The maximum atomic E-state index is 5.40. The lowest BCUT2D eigenvalue weighted by Gasteiger charge is -2.26. The number of morpholine rings is 1. The van der Waals surface area contributed by atoms with Gasteiger partial charge in [0, 0.05) is 51.9 Å². The largest absolute Gasteiger partial charge is 0.379 e. The highest BCUT2D eigenvalue weighted by molar-refractivity contribution is 14.0. The lowest BCUT2D eigenvalue weighted by molar-refractivity contribution is 0.0372. The van der Waals surface area contributed by atoms with Gasteiger partial charge in [-0.1, -0.05) is 30.3 Å². The number of rotatable bonds is 8. The molecule has 0 amide bonds. The Bertz CT molecular complexity index is 594. The second kappa shape index (κ2) is 13.4. The Labute approximate surface area is 193 Å². The lowest BCUT2D eigenvalue weighted by Crippen LogP contribution is -2.45. The summed E-state index contributed by atoms with van der Waals surface area (Å²) in [6.07, 6.45) is 3.54. The molecule has 164 valence electrons. The third kappa shape index (κ3) is 8.39. The van der Waals surface area contributed by atoms with E-state index < -0.39 is 0 Å². The molecule has 2 fully saturated rings. The molecule has 2 aliphatic rings. The molecular weight excluding hydrogens is 477 g/mol.